The van der Waals surface area contributed by atoms with E-state index in [0.717, 1.165) is 30.4 Å². The molecule has 0 aliphatic rings. The summed E-state index contributed by atoms with van der Waals surface area (Å²) in [5.74, 6) is 0.273. The van der Waals surface area contributed by atoms with Crippen LogP contribution in [0.2, 0.25) is 0 Å². The van der Waals surface area contributed by atoms with Crippen LogP contribution >= 0.6 is 0 Å². The SMILES string of the molecule is CCCOCCc1cccc2oc(C(=O)NCCOc3ccc(C(=O)Nc4ccccc4N)cc3)cc12. The summed E-state index contributed by atoms with van der Waals surface area (Å²) < 4.78 is 17.0. The van der Waals surface area contributed by atoms with Crippen molar-refractivity contribution in [1.29, 1.82) is 0 Å². The lowest BCUT2D eigenvalue weighted by Crippen LogP contribution is -2.27. The number of benzene rings is 3. The van der Waals surface area contributed by atoms with E-state index in [1.165, 1.54) is 0 Å². The Morgan fingerprint density at radius 3 is 2.51 bits per heavy atom. The Morgan fingerprint density at radius 2 is 1.73 bits per heavy atom. The van der Waals surface area contributed by atoms with Crippen LogP contribution in [0.5, 0.6) is 5.75 Å². The molecule has 1 heterocycles. The van der Waals surface area contributed by atoms with Crippen molar-refractivity contribution in [3.05, 3.63) is 89.7 Å². The molecular weight excluding hydrogens is 470 g/mol. The molecule has 2 amide bonds. The largest absolute Gasteiger partial charge is 0.492 e. The predicted octanol–water partition coefficient (Wildman–Crippen LogP) is 5.05. The van der Waals surface area contributed by atoms with E-state index in [-0.39, 0.29) is 24.2 Å². The second kappa shape index (κ2) is 12.6. The lowest BCUT2D eigenvalue weighted by atomic mass is 10.1. The number of rotatable bonds is 12. The van der Waals surface area contributed by atoms with Gasteiger partial charge in [-0.1, -0.05) is 31.2 Å². The van der Waals surface area contributed by atoms with Crippen molar-refractivity contribution in [2.75, 3.05) is 37.4 Å². The minimum absolute atomic E-state index is 0.256. The number of para-hydroxylation sites is 2. The number of nitrogen functional groups attached to an aromatic ring is 1. The zero-order chi connectivity index (χ0) is 26.0. The first kappa shape index (κ1) is 25.8. The molecule has 4 rings (SSSR count). The molecule has 0 aliphatic heterocycles. The number of fused-ring (bicyclic) bond motifs is 1. The van der Waals surface area contributed by atoms with Gasteiger partial charge in [-0.3, -0.25) is 9.59 Å². The maximum Gasteiger partial charge on any atom is 0.287 e. The standard InChI is InChI=1S/C29H31N3O5/c1-2-16-35-17-14-20-6-5-9-26-23(20)19-27(37-26)29(34)31-15-18-36-22-12-10-21(11-13-22)28(33)32-25-8-4-3-7-24(25)30/h3-13,19H,2,14-18,30H2,1H3,(H,31,34)(H,32,33). The lowest BCUT2D eigenvalue weighted by molar-refractivity contribution is 0.0920. The summed E-state index contributed by atoms with van der Waals surface area (Å²) in [6, 6.07) is 21.4. The Labute approximate surface area is 215 Å². The minimum Gasteiger partial charge on any atom is -0.492 e. The number of carbonyl (C=O) groups excluding carboxylic acids is 2. The first-order valence-electron chi connectivity index (χ1n) is 12.3. The number of carbonyl (C=O) groups is 2. The number of hydrogen-bond donors (Lipinski definition) is 3. The summed E-state index contributed by atoms with van der Waals surface area (Å²) in [5, 5.41) is 6.52. The molecule has 0 unspecified atom stereocenters. The summed E-state index contributed by atoms with van der Waals surface area (Å²) in [7, 11) is 0. The monoisotopic (exact) mass is 501 g/mol. The van der Waals surface area contributed by atoms with Crippen molar-refractivity contribution in [2.24, 2.45) is 0 Å². The molecule has 0 fully saturated rings. The molecule has 0 atom stereocenters. The molecule has 4 N–H and O–H groups in total. The third kappa shape index (κ3) is 6.89. The molecule has 8 heteroatoms. The molecule has 37 heavy (non-hydrogen) atoms. The fourth-order valence-electron chi connectivity index (χ4n) is 3.81. The fraction of sp³-hybridized carbons (Fsp3) is 0.241. The molecule has 4 aromatic rings. The number of ether oxygens (including phenoxy) is 2. The number of nitrogens with one attached hydrogen (secondary N) is 2. The summed E-state index contributed by atoms with van der Waals surface area (Å²) in [6.45, 7) is 4.00. The molecule has 0 radical (unpaired) electrons. The van der Waals surface area contributed by atoms with E-state index < -0.39 is 0 Å². The van der Waals surface area contributed by atoms with E-state index in [4.69, 9.17) is 19.6 Å². The van der Waals surface area contributed by atoms with Crippen LogP contribution in [-0.2, 0) is 11.2 Å². The van der Waals surface area contributed by atoms with Crippen LogP contribution in [0.4, 0.5) is 11.4 Å². The highest BCUT2D eigenvalue weighted by Gasteiger charge is 2.14. The van der Waals surface area contributed by atoms with Gasteiger partial charge in [0, 0.05) is 17.6 Å². The molecule has 0 saturated heterocycles. The molecular formula is C29H31N3O5. The molecule has 1 aromatic heterocycles. The van der Waals surface area contributed by atoms with Crippen LogP contribution in [0.15, 0.2) is 77.2 Å². The number of hydrogen-bond acceptors (Lipinski definition) is 6. The smallest absolute Gasteiger partial charge is 0.287 e. The molecule has 0 spiro atoms. The van der Waals surface area contributed by atoms with Gasteiger partial charge >= 0.3 is 0 Å². The highest BCUT2D eigenvalue weighted by Crippen LogP contribution is 2.24. The van der Waals surface area contributed by atoms with Gasteiger partial charge in [0.15, 0.2) is 5.76 Å². The van der Waals surface area contributed by atoms with Crippen LogP contribution in [0.1, 0.15) is 39.8 Å². The summed E-state index contributed by atoms with van der Waals surface area (Å²) in [5.41, 5.74) is 9.17. The van der Waals surface area contributed by atoms with Crippen molar-refractivity contribution >= 4 is 34.2 Å². The van der Waals surface area contributed by atoms with Gasteiger partial charge in [-0.2, -0.15) is 0 Å². The Balaban J connectivity index is 1.25. The van der Waals surface area contributed by atoms with E-state index in [1.807, 2.05) is 18.2 Å². The van der Waals surface area contributed by atoms with E-state index in [9.17, 15) is 9.59 Å². The Bertz CT molecular complexity index is 1350. The van der Waals surface area contributed by atoms with E-state index in [1.54, 1.807) is 54.6 Å². The molecule has 192 valence electrons. The second-order valence-corrected chi connectivity index (χ2v) is 8.47. The van der Waals surface area contributed by atoms with Crippen LogP contribution in [0, 0.1) is 0 Å². The van der Waals surface area contributed by atoms with E-state index in [2.05, 4.69) is 17.6 Å². The van der Waals surface area contributed by atoms with Crippen LogP contribution in [0.25, 0.3) is 11.0 Å². The quantitative estimate of drug-likeness (QED) is 0.185. The highest BCUT2D eigenvalue weighted by atomic mass is 16.5. The Hall–Kier alpha value is -4.30. The van der Waals surface area contributed by atoms with Gasteiger partial charge in [0.05, 0.1) is 24.5 Å². The van der Waals surface area contributed by atoms with Gasteiger partial charge in [0.1, 0.15) is 17.9 Å². The fourth-order valence-corrected chi connectivity index (χ4v) is 3.81. The first-order valence-corrected chi connectivity index (χ1v) is 12.3. The van der Waals surface area contributed by atoms with Crippen molar-refractivity contribution in [2.45, 2.75) is 19.8 Å². The zero-order valence-electron chi connectivity index (χ0n) is 20.8. The molecule has 0 saturated carbocycles. The van der Waals surface area contributed by atoms with Crippen molar-refractivity contribution < 1.29 is 23.5 Å². The Kier molecular flexibility index (Phi) is 8.78. The summed E-state index contributed by atoms with van der Waals surface area (Å²) in [6.07, 6.45) is 1.74. The van der Waals surface area contributed by atoms with Crippen molar-refractivity contribution in [3.8, 4) is 5.75 Å². The number of amides is 2. The van der Waals surface area contributed by atoms with Crippen molar-refractivity contribution in [3.63, 3.8) is 0 Å². The number of anilines is 2. The average Bonchev–Trinajstić information content (AvgIpc) is 3.36. The van der Waals surface area contributed by atoms with Crippen LogP contribution in [-0.4, -0.2) is 38.2 Å². The topological polar surface area (TPSA) is 116 Å². The molecule has 3 aromatic carbocycles. The first-order chi connectivity index (χ1) is 18.0. The van der Waals surface area contributed by atoms with E-state index in [0.29, 0.717) is 41.4 Å². The Morgan fingerprint density at radius 1 is 0.919 bits per heavy atom. The van der Waals surface area contributed by atoms with Gasteiger partial charge in [-0.05, 0) is 66.9 Å². The lowest BCUT2D eigenvalue weighted by Gasteiger charge is -2.09. The van der Waals surface area contributed by atoms with Gasteiger partial charge in [0.2, 0.25) is 0 Å². The minimum atomic E-state index is -0.305. The van der Waals surface area contributed by atoms with Gasteiger partial charge in [-0.25, -0.2) is 0 Å². The van der Waals surface area contributed by atoms with E-state index >= 15 is 0 Å². The summed E-state index contributed by atoms with van der Waals surface area (Å²) in [4.78, 5) is 25.0. The third-order valence-electron chi connectivity index (χ3n) is 5.72. The number of nitrogens with two attached hydrogens (primary N) is 1. The van der Waals surface area contributed by atoms with Crippen LogP contribution in [0.3, 0.4) is 0 Å². The predicted molar refractivity (Wildman–Crippen MR) is 144 cm³/mol. The van der Waals surface area contributed by atoms with Gasteiger partial charge in [-0.15, -0.1) is 0 Å². The molecule has 0 bridgehead atoms. The van der Waals surface area contributed by atoms with Gasteiger partial charge in [0.25, 0.3) is 11.8 Å². The maximum absolute atomic E-state index is 12.6. The van der Waals surface area contributed by atoms with Gasteiger partial charge < -0.3 is 30.3 Å². The van der Waals surface area contributed by atoms with Crippen molar-refractivity contribution in [1.82, 2.24) is 5.32 Å². The highest BCUT2D eigenvalue weighted by molar-refractivity contribution is 6.05. The third-order valence-corrected chi connectivity index (χ3v) is 5.72. The normalized spacial score (nSPS) is 10.8. The summed E-state index contributed by atoms with van der Waals surface area (Å²) >= 11 is 0. The maximum atomic E-state index is 12.6. The van der Waals surface area contributed by atoms with Crippen LogP contribution < -0.4 is 21.1 Å². The number of furan rings is 1. The zero-order valence-corrected chi connectivity index (χ0v) is 20.8. The molecule has 8 nitrogen and oxygen atoms in total. The average molecular weight is 502 g/mol. The second-order valence-electron chi connectivity index (χ2n) is 8.47. The molecule has 0 aliphatic carbocycles.